The van der Waals surface area contributed by atoms with Crippen molar-refractivity contribution >= 4 is 11.7 Å². The van der Waals surface area contributed by atoms with Crippen LogP contribution in [-0.4, -0.2) is 28.6 Å². The number of rotatable bonds is 5. The lowest BCUT2D eigenvalue weighted by molar-refractivity contribution is 0.182. The highest BCUT2D eigenvalue weighted by atomic mass is 16.5. The number of ether oxygens (including phenoxy) is 1. The van der Waals surface area contributed by atoms with Gasteiger partial charge in [0.2, 0.25) is 0 Å². The van der Waals surface area contributed by atoms with E-state index in [9.17, 15) is 4.79 Å². The number of urea groups is 1. The summed E-state index contributed by atoms with van der Waals surface area (Å²) < 4.78 is 7.80. The summed E-state index contributed by atoms with van der Waals surface area (Å²) in [5, 5.41) is 3.07. The molecule has 1 atom stereocenters. The van der Waals surface area contributed by atoms with Crippen LogP contribution >= 0.6 is 0 Å². The van der Waals surface area contributed by atoms with Gasteiger partial charge in [0.25, 0.3) is 0 Å². The summed E-state index contributed by atoms with van der Waals surface area (Å²) >= 11 is 0. The van der Waals surface area contributed by atoms with Crippen LogP contribution in [0.3, 0.4) is 0 Å². The molecule has 0 fully saturated rings. The third-order valence-corrected chi connectivity index (χ3v) is 5.42. The number of hydrogen-bond donors (Lipinski definition) is 1. The number of aromatic nitrogens is 1. The molecule has 5 nitrogen and oxygen atoms in total. The van der Waals surface area contributed by atoms with Gasteiger partial charge in [-0.3, -0.25) is 0 Å². The highest BCUT2D eigenvalue weighted by Gasteiger charge is 2.32. The maximum absolute atomic E-state index is 13.2. The van der Waals surface area contributed by atoms with Crippen molar-refractivity contribution in [2.45, 2.75) is 32.9 Å². The minimum atomic E-state index is -0.135. The van der Waals surface area contributed by atoms with Crippen LogP contribution in [0.4, 0.5) is 10.5 Å². The monoisotopic (exact) mass is 389 g/mol. The maximum Gasteiger partial charge on any atom is 0.322 e. The molecular formula is C24H27N3O2. The lowest BCUT2D eigenvalue weighted by Crippen LogP contribution is -2.44. The molecule has 2 aromatic carbocycles. The molecular weight excluding hydrogens is 362 g/mol. The molecule has 150 valence electrons. The Morgan fingerprint density at radius 1 is 1.03 bits per heavy atom. The summed E-state index contributed by atoms with van der Waals surface area (Å²) in [6, 6.07) is 20.0. The van der Waals surface area contributed by atoms with Gasteiger partial charge in [-0.1, -0.05) is 31.2 Å². The molecule has 29 heavy (non-hydrogen) atoms. The smallest absolute Gasteiger partial charge is 0.322 e. The van der Waals surface area contributed by atoms with Gasteiger partial charge < -0.3 is 19.5 Å². The van der Waals surface area contributed by atoms with Gasteiger partial charge in [0.1, 0.15) is 5.75 Å². The van der Waals surface area contributed by atoms with Crippen molar-refractivity contribution < 1.29 is 9.53 Å². The minimum Gasteiger partial charge on any atom is -0.494 e. The molecule has 0 unspecified atom stereocenters. The molecule has 2 heterocycles. The Hall–Kier alpha value is -3.21. The fourth-order valence-corrected chi connectivity index (χ4v) is 3.88. The molecule has 0 saturated heterocycles. The normalized spacial score (nSPS) is 15.7. The Balaban J connectivity index is 1.61. The summed E-state index contributed by atoms with van der Waals surface area (Å²) in [5.74, 6) is 0.842. The van der Waals surface area contributed by atoms with Crippen LogP contribution in [-0.2, 0) is 13.0 Å². The van der Waals surface area contributed by atoms with Gasteiger partial charge in [-0.25, -0.2) is 4.79 Å². The lowest BCUT2D eigenvalue weighted by atomic mass is 10.00. The van der Waals surface area contributed by atoms with Crippen LogP contribution in [0.1, 0.15) is 36.7 Å². The number of hydrogen-bond acceptors (Lipinski definition) is 2. The van der Waals surface area contributed by atoms with Crippen LogP contribution in [0.2, 0.25) is 0 Å². The number of aryl methyl sites for hydroxylation is 1. The molecule has 0 radical (unpaired) electrons. The number of benzene rings is 2. The molecule has 5 heteroatoms. The predicted molar refractivity (Wildman–Crippen MR) is 115 cm³/mol. The van der Waals surface area contributed by atoms with E-state index in [-0.39, 0.29) is 12.1 Å². The number of nitrogens with zero attached hydrogens (tertiary/aromatic N) is 2. The quantitative estimate of drug-likeness (QED) is 0.661. The molecule has 2 amide bonds. The van der Waals surface area contributed by atoms with E-state index < -0.39 is 0 Å². The Morgan fingerprint density at radius 3 is 2.48 bits per heavy atom. The largest absolute Gasteiger partial charge is 0.494 e. The van der Waals surface area contributed by atoms with Crippen LogP contribution in [0.25, 0.3) is 0 Å². The third kappa shape index (κ3) is 3.99. The van der Waals surface area contributed by atoms with E-state index in [1.54, 1.807) is 0 Å². The summed E-state index contributed by atoms with van der Waals surface area (Å²) in [5.41, 5.74) is 4.27. The van der Waals surface area contributed by atoms with Gasteiger partial charge in [-0.15, -0.1) is 0 Å². The number of anilines is 1. The molecule has 1 N–H and O–H groups in total. The van der Waals surface area contributed by atoms with Gasteiger partial charge in [-0.2, -0.15) is 0 Å². The predicted octanol–water partition coefficient (Wildman–Crippen LogP) is 5.09. The van der Waals surface area contributed by atoms with Gasteiger partial charge in [-0.05, 0) is 60.9 Å². The molecule has 0 saturated carbocycles. The van der Waals surface area contributed by atoms with E-state index in [2.05, 4.69) is 53.3 Å². The highest BCUT2D eigenvalue weighted by Crippen LogP contribution is 2.33. The van der Waals surface area contributed by atoms with Crippen LogP contribution in [0.15, 0.2) is 66.9 Å². The first-order valence-corrected chi connectivity index (χ1v) is 10.2. The van der Waals surface area contributed by atoms with Gasteiger partial charge in [0, 0.05) is 30.7 Å². The molecule has 3 aromatic rings. The highest BCUT2D eigenvalue weighted by molar-refractivity contribution is 5.90. The van der Waals surface area contributed by atoms with E-state index in [1.807, 2.05) is 42.2 Å². The number of amides is 2. The van der Waals surface area contributed by atoms with E-state index in [0.717, 1.165) is 35.7 Å². The van der Waals surface area contributed by atoms with Crippen molar-refractivity contribution in [1.82, 2.24) is 9.47 Å². The van der Waals surface area contributed by atoms with Crippen LogP contribution in [0, 0.1) is 0 Å². The molecule has 1 aromatic heterocycles. The Kier molecular flexibility index (Phi) is 5.56. The molecule has 4 rings (SSSR count). The Bertz CT molecular complexity index is 961. The SMILES string of the molecule is CCOc1ccc([C@@H]2c3cccn3CCN2C(=O)Nc2ccc(CC)cc2)cc1. The van der Waals surface area contributed by atoms with Crippen molar-refractivity contribution in [2.24, 2.45) is 0 Å². The maximum atomic E-state index is 13.2. The second-order valence-electron chi connectivity index (χ2n) is 7.21. The second-order valence-corrected chi connectivity index (χ2v) is 7.21. The number of carbonyl (C=O) groups is 1. The zero-order valence-electron chi connectivity index (χ0n) is 17.0. The first-order chi connectivity index (χ1) is 14.2. The molecule has 0 aliphatic carbocycles. The third-order valence-electron chi connectivity index (χ3n) is 5.42. The van der Waals surface area contributed by atoms with Crippen LogP contribution < -0.4 is 10.1 Å². The van der Waals surface area contributed by atoms with Crippen LogP contribution in [0.5, 0.6) is 5.75 Å². The van der Waals surface area contributed by atoms with Crippen molar-refractivity contribution in [1.29, 1.82) is 0 Å². The summed E-state index contributed by atoms with van der Waals surface area (Å²) in [6.45, 7) is 6.17. The second kappa shape index (κ2) is 8.43. The fraction of sp³-hybridized carbons (Fsp3) is 0.292. The van der Waals surface area contributed by atoms with Gasteiger partial charge in [0.05, 0.1) is 12.6 Å². The number of nitrogens with one attached hydrogen (secondary N) is 1. The van der Waals surface area contributed by atoms with E-state index in [4.69, 9.17) is 4.74 Å². The lowest BCUT2D eigenvalue weighted by Gasteiger charge is -2.37. The zero-order chi connectivity index (χ0) is 20.2. The summed E-state index contributed by atoms with van der Waals surface area (Å²) in [6.07, 6.45) is 3.06. The average molecular weight is 389 g/mol. The van der Waals surface area contributed by atoms with E-state index in [0.29, 0.717) is 13.2 Å². The van der Waals surface area contributed by atoms with Gasteiger partial charge >= 0.3 is 6.03 Å². The zero-order valence-corrected chi connectivity index (χ0v) is 17.0. The Labute approximate surface area is 171 Å². The molecule has 0 spiro atoms. The van der Waals surface area contributed by atoms with Crippen molar-refractivity contribution in [3.8, 4) is 5.75 Å². The standard InChI is InChI=1S/C24H27N3O2/c1-3-18-7-11-20(12-8-18)25-24(28)27-17-16-26-15-5-6-22(26)23(27)19-9-13-21(14-10-19)29-4-2/h5-15,23H,3-4,16-17H2,1-2H3,(H,25,28)/t23-/m1/s1. The first-order valence-electron chi connectivity index (χ1n) is 10.2. The summed E-state index contributed by atoms with van der Waals surface area (Å²) in [4.78, 5) is 15.1. The van der Waals surface area contributed by atoms with E-state index in [1.165, 1.54) is 5.56 Å². The summed E-state index contributed by atoms with van der Waals surface area (Å²) in [7, 11) is 0. The fourth-order valence-electron chi connectivity index (χ4n) is 3.88. The topological polar surface area (TPSA) is 46.5 Å². The van der Waals surface area contributed by atoms with Crippen molar-refractivity contribution in [2.75, 3.05) is 18.5 Å². The first kappa shape index (κ1) is 19.1. The molecule has 1 aliphatic rings. The molecule has 0 bridgehead atoms. The van der Waals surface area contributed by atoms with Gasteiger partial charge in [0.15, 0.2) is 0 Å². The van der Waals surface area contributed by atoms with Crippen molar-refractivity contribution in [3.05, 3.63) is 83.7 Å². The Morgan fingerprint density at radius 2 is 1.79 bits per heavy atom. The average Bonchev–Trinajstić information content (AvgIpc) is 3.23. The number of fused-ring (bicyclic) bond motifs is 1. The number of carbonyl (C=O) groups excluding carboxylic acids is 1. The van der Waals surface area contributed by atoms with E-state index >= 15 is 0 Å². The van der Waals surface area contributed by atoms with Crippen molar-refractivity contribution in [3.63, 3.8) is 0 Å². The molecule has 1 aliphatic heterocycles. The minimum absolute atomic E-state index is 0.0828.